The first-order valence-corrected chi connectivity index (χ1v) is 6.22. The van der Waals surface area contributed by atoms with E-state index in [0.717, 1.165) is 16.9 Å². The first-order valence-electron chi connectivity index (χ1n) is 6.22. The van der Waals surface area contributed by atoms with Gasteiger partial charge in [0.15, 0.2) is 5.69 Å². The second kappa shape index (κ2) is 5.63. The predicted octanol–water partition coefficient (Wildman–Crippen LogP) is 2.68. The van der Waals surface area contributed by atoms with Gasteiger partial charge in [0.1, 0.15) is 18.1 Å². The molecule has 0 fully saturated rings. The lowest BCUT2D eigenvalue weighted by molar-refractivity contribution is -0.141. The van der Waals surface area contributed by atoms with Crippen LogP contribution in [0.1, 0.15) is 30.2 Å². The Labute approximate surface area is 118 Å². The van der Waals surface area contributed by atoms with Gasteiger partial charge < -0.3 is 9.73 Å². The van der Waals surface area contributed by atoms with Crippen molar-refractivity contribution in [2.75, 3.05) is 0 Å². The van der Waals surface area contributed by atoms with Gasteiger partial charge in [0.2, 0.25) is 5.91 Å². The van der Waals surface area contributed by atoms with Crippen LogP contribution in [0, 0.1) is 6.92 Å². The number of rotatable bonds is 4. The summed E-state index contributed by atoms with van der Waals surface area (Å²) in [6.45, 7) is 3.21. The van der Waals surface area contributed by atoms with Gasteiger partial charge in [0.25, 0.3) is 0 Å². The van der Waals surface area contributed by atoms with Crippen LogP contribution in [0.4, 0.5) is 13.2 Å². The normalized spacial score (nSPS) is 13.2. The first-order chi connectivity index (χ1) is 9.75. The Morgan fingerprint density at radius 2 is 2.14 bits per heavy atom. The van der Waals surface area contributed by atoms with Gasteiger partial charge in [0.05, 0.1) is 6.04 Å². The molecule has 8 heteroatoms. The van der Waals surface area contributed by atoms with Gasteiger partial charge in [0, 0.05) is 6.20 Å². The van der Waals surface area contributed by atoms with E-state index in [1.165, 1.54) is 0 Å². The van der Waals surface area contributed by atoms with Gasteiger partial charge in [-0.2, -0.15) is 18.3 Å². The lowest BCUT2D eigenvalue weighted by Gasteiger charge is -2.11. The number of alkyl halides is 3. The molecule has 0 spiro atoms. The molecule has 0 aliphatic rings. The van der Waals surface area contributed by atoms with Crippen LogP contribution in [0.25, 0.3) is 0 Å². The van der Waals surface area contributed by atoms with E-state index in [1.807, 2.05) is 0 Å². The third-order valence-electron chi connectivity index (χ3n) is 2.80. The highest BCUT2D eigenvalue weighted by atomic mass is 19.4. The minimum atomic E-state index is -4.51. The summed E-state index contributed by atoms with van der Waals surface area (Å²) in [5.41, 5.74) is -1.02. The number of hydrogen-bond donors (Lipinski definition) is 1. The summed E-state index contributed by atoms with van der Waals surface area (Å²) in [6, 6.07) is 3.95. The van der Waals surface area contributed by atoms with Gasteiger partial charge in [-0.3, -0.25) is 9.48 Å². The minimum absolute atomic E-state index is 0.292. The van der Waals surface area contributed by atoms with Crippen molar-refractivity contribution in [2.24, 2.45) is 0 Å². The van der Waals surface area contributed by atoms with Crippen LogP contribution in [0.3, 0.4) is 0 Å². The number of furan rings is 1. The third kappa shape index (κ3) is 3.87. The predicted molar refractivity (Wildman–Crippen MR) is 67.2 cm³/mol. The molecule has 0 aromatic carbocycles. The number of carbonyl (C=O) groups is 1. The molecular weight excluding hydrogens is 287 g/mol. The topological polar surface area (TPSA) is 60.1 Å². The maximum Gasteiger partial charge on any atom is 0.435 e. The number of amides is 1. The lowest BCUT2D eigenvalue weighted by atomic mass is 10.2. The largest absolute Gasteiger partial charge is 0.464 e. The molecule has 2 heterocycles. The third-order valence-corrected chi connectivity index (χ3v) is 2.80. The van der Waals surface area contributed by atoms with E-state index in [9.17, 15) is 18.0 Å². The number of hydrogen-bond acceptors (Lipinski definition) is 3. The zero-order valence-electron chi connectivity index (χ0n) is 11.4. The molecule has 2 rings (SSSR count). The number of carbonyl (C=O) groups excluding carboxylic acids is 1. The molecule has 2 aromatic heterocycles. The maximum absolute atomic E-state index is 12.4. The second-order valence-corrected chi connectivity index (χ2v) is 4.63. The molecule has 0 saturated heterocycles. The fourth-order valence-corrected chi connectivity index (χ4v) is 1.79. The molecule has 0 aliphatic carbocycles. The van der Waals surface area contributed by atoms with E-state index in [1.54, 1.807) is 26.0 Å². The summed E-state index contributed by atoms with van der Waals surface area (Å²) < 4.78 is 43.5. The fraction of sp³-hybridized carbons (Fsp3) is 0.385. The van der Waals surface area contributed by atoms with Crippen molar-refractivity contribution < 1.29 is 22.4 Å². The van der Waals surface area contributed by atoms with Crippen molar-refractivity contribution in [3.63, 3.8) is 0 Å². The Hall–Kier alpha value is -2.25. The molecule has 1 amide bonds. The van der Waals surface area contributed by atoms with Crippen molar-refractivity contribution in [3.05, 3.63) is 41.6 Å². The smallest absolute Gasteiger partial charge is 0.435 e. The number of nitrogens with one attached hydrogen (secondary N) is 1. The monoisotopic (exact) mass is 301 g/mol. The number of aromatic nitrogens is 2. The summed E-state index contributed by atoms with van der Waals surface area (Å²) in [6.07, 6.45) is -3.40. The van der Waals surface area contributed by atoms with Crippen LogP contribution in [0.5, 0.6) is 0 Å². The Bertz CT molecular complexity index is 631. The lowest BCUT2D eigenvalue weighted by Crippen LogP contribution is -2.30. The van der Waals surface area contributed by atoms with Crippen LogP contribution in [0.2, 0.25) is 0 Å². The number of halogens is 3. The Kier molecular flexibility index (Phi) is 4.06. The van der Waals surface area contributed by atoms with E-state index in [-0.39, 0.29) is 12.6 Å². The molecule has 5 nitrogen and oxygen atoms in total. The van der Waals surface area contributed by atoms with E-state index in [4.69, 9.17) is 4.42 Å². The summed E-state index contributed by atoms with van der Waals surface area (Å²) in [5, 5.41) is 5.94. The molecule has 0 saturated carbocycles. The van der Waals surface area contributed by atoms with Gasteiger partial charge in [-0.15, -0.1) is 0 Å². The van der Waals surface area contributed by atoms with Gasteiger partial charge in [-0.05, 0) is 32.0 Å². The van der Waals surface area contributed by atoms with E-state index >= 15 is 0 Å². The van der Waals surface area contributed by atoms with Crippen LogP contribution >= 0.6 is 0 Å². The van der Waals surface area contributed by atoms with Crippen LogP contribution in [0.15, 0.2) is 28.8 Å². The van der Waals surface area contributed by atoms with Crippen LogP contribution in [-0.2, 0) is 17.5 Å². The van der Waals surface area contributed by atoms with E-state index in [0.29, 0.717) is 11.5 Å². The summed E-state index contributed by atoms with van der Waals surface area (Å²) in [4.78, 5) is 11.8. The quantitative estimate of drug-likeness (QED) is 0.944. The molecule has 21 heavy (non-hydrogen) atoms. The van der Waals surface area contributed by atoms with Crippen LogP contribution < -0.4 is 5.32 Å². The van der Waals surface area contributed by atoms with Gasteiger partial charge in [-0.25, -0.2) is 0 Å². The molecule has 0 aliphatic heterocycles. The van der Waals surface area contributed by atoms with Crippen molar-refractivity contribution in [1.82, 2.24) is 15.1 Å². The Morgan fingerprint density at radius 1 is 1.43 bits per heavy atom. The highest BCUT2D eigenvalue weighted by Crippen LogP contribution is 2.27. The fourth-order valence-electron chi connectivity index (χ4n) is 1.79. The van der Waals surface area contributed by atoms with Gasteiger partial charge in [-0.1, -0.05) is 0 Å². The molecule has 0 unspecified atom stereocenters. The number of aryl methyl sites for hydroxylation is 1. The van der Waals surface area contributed by atoms with Crippen molar-refractivity contribution >= 4 is 5.91 Å². The molecule has 1 atom stereocenters. The van der Waals surface area contributed by atoms with Crippen molar-refractivity contribution in [1.29, 1.82) is 0 Å². The SMILES string of the molecule is Cc1ccc([C@@H](C)NC(=O)Cn2ccc(C(F)(F)F)n2)o1. The highest BCUT2D eigenvalue weighted by Gasteiger charge is 2.33. The molecular formula is C13H14F3N3O2. The number of nitrogens with zero attached hydrogens (tertiary/aromatic N) is 2. The van der Waals surface area contributed by atoms with Crippen LogP contribution in [-0.4, -0.2) is 15.7 Å². The van der Waals surface area contributed by atoms with Crippen molar-refractivity contribution in [3.8, 4) is 0 Å². The molecule has 0 bridgehead atoms. The highest BCUT2D eigenvalue weighted by molar-refractivity contribution is 5.76. The molecule has 114 valence electrons. The summed E-state index contributed by atoms with van der Waals surface area (Å²) in [7, 11) is 0. The van der Waals surface area contributed by atoms with Gasteiger partial charge >= 0.3 is 6.18 Å². The molecule has 0 radical (unpaired) electrons. The average Bonchev–Trinajstić information content (AvgIpc) is 2.97. The first kappa shape index (κ1) is 15.1. The van der Waals surface area contributed by atoms with E-state index < -0.39 is 17.8 Å². The average molecular weight is 301 g/mol. The standard InChI is InChI=1S/C13H14F3N3O2/c1-8-3-4-10(21-8)9(2)17-12(20)7-19-6-5-11(18-19)13(14,15)16/h3-6,9H,7H2,1-2H3,(H,17,20)/t9-/m1/s1. The molecule has 1 N–H and O–H groups in total. The second-order valence-electron chi connectivity index (χ2n) is 4.63. The zero-order valence-corrected chi connectivity index (χ0v) is 11.4. The summed E-state index contributed by atoms with van der Waals surface area (Å²) >= 11 is 0. The van der Waals surface area contributed by atoms with Crippen molar-refractivity contribution in [2.45, 2.75) is 32.6 Å². The van der Waals surface area contributed by atoms with E-state index in [2.05, 4.69) is 10.4 Å². The Balaban J connectivity index is 1.94. The maximum atomic E-state index is 12.4. The summed E-state index contributed by atoms with van der Waals surface area (Å²) in [5.74, 6) is 0.846. The molecule has 2 aromatic rings. The minimum Gasteiger partial charge on any atom is -0.464 e. The Morgan fingerprint density at radius 3 is 2.67 bits per heavy atom. The zero-order chi connectivity index (χ0) is 15.6.